The van der Waals surface area contributed by atoms with Crippen LogP contribution in [0.4, 0.5) is 5.69 Å². The fraction of sp³-hybridized carbons (Fsp3) is 0.597. The molecule has 76 heavy (non-hydrogen) atoms. The molecule has 14 heteroatoms. The molecule has 12 atom stereocenters. The lowest BCUT2D eigenvalue weighted by atomic mass is 9.53. The molecule has 8 N–H and O–H groups in total. The first kappa shape index (κ1) is 54.3. The van der Waals surface area contributed by atoms with Gasteiger partial charge < -0.3 is 55.5 Å². The van der Waals surface area contributed by atoms with E-state index in [1.807, 2.05) is 25.1 Å². The summed E-state index contributed by atoms with van der Waals surface area (Å²) in [5.41, 5.74) is 3.65. The van der Waals surface area contributed by atoms with Crippen molar-refractivity contribution in [3.05, 3.63) is 98.1 Å². The van der Waals surface area contributed by atoms with E-state index in [1.165, 1.54) is 14.0 Å². The van der Waals surface area contributed by atoms with E-state index >= 15 is 4.79 Å². The number of nitrogens with one attached hydrogen (secondary N) is 2. The minimum Gasteiger partial charge on any atom is -0.507 e. The fourth-order valence-corrected chi connectivity index (χ4v) is 14.6. The Morgan fingerprint density at radius 3 is 2.43 bits per heavy atom. The van der Waals surface area contributed by atoms with Gasteiger partial charge in [0.05, 0.1) is 31.2 Å². The van der Waals surface area contributed by atoms with Gasteiger partial charge in [-0.15, -0.1) is 0 Å². The quantitative estimate of drug-likeness (QED) is 0.0517. The number of anilines is 1. The normalized spacial score (nSPS) is 30.2. The number of methoxy groups -OCH3 is 1. The molecule has 3 aromatic rings. The maximum atomic E-state index is 16.1. The summed E-state index contributed by atoms with van der Waals surface area (Å²) in [7, 11) is 3.17. The van der Waals surface area contributed by atoms with Crippen molar-refractivity contribution in [2.45, 2.75) is 176 Å². The number of Topliss-reactive ketones (excluding diaryl/α,β-unsaturated/α-hetero) is 1. The highest BCUT2D eigenvalue weighted by molar-refractivity contribution is 5.90. The van der Waals surface area contributed by atoms with E-state index in [2.05, 4.69) is 40.7 Å². The van der Waals surface area contributed by atoms with Crippen molar-refractivity contribution >= 4 is 23.4 Å². The minimum absolute atomic E-state index is 0.0363. The Morgan fingerprint density at radius 1 is 0.882 bits per heavy atom. The number of esters is 2. The summed E-state index contributed by atoms with van der Waals surface area (Å²) in [4.78, 5) is 44.2. The molecular weight excluding hydrogens is 965 g/mol. The van der Waals surface area contributed by atoms with Crippen LogP contribution in [0.15, 0.2) is 53.6 Å². The smallest absolute Gasteiger partial charge is 0.334 e. The summed E-state index contributed by atoms with van der Waals surface area (Å²) >= 11 is 0. The van der Waals surface area contributed by atoms with E-state index in [9.17, 15) is 40.2 Å². The Labute approximate surface area is 447 Å². The van der Waals surface area contributed by atoms with E-state index < -0.39 is 65.3 Å². The molecule has 0 aromatic heterocycles. The molecule has 3 fully saturated rings. The summed E-state index contributed by atoms with van der Waals surface area (Å²) in [6.07, 6.45) is 3.82. The van der Waals surface area contributed by atoms with Crippen molar-refractivity contribution in [1.82, 2.24) is 5.32 Å². The lowest BCUT2D eigenvalue weighted by molar-refractivity contribution is -0.212. The maximum absolute atomic E-state index is 16.1. The second-order valence-electron chi connectivity index (χ2n) is 23.6. The van der Waals surface area contributed by atoms with Gasteiger partial charge in [0, 0.05) is 73.7 Å². The second-order valence-corrected chi connectivity index (χ2v) is 23.6. The number of benzene rings is 3. The number of hydrogen-bond acceptors (Lipinski definition) is 14. The number of rotatable bonds is 12. The van der Waals surface area contributed by atoms with Gasteiger partial charge in [-0.05, 0) is 153 Å². The van der Waals surface area contributed by atoms with E-state index in [0.29, 0.717) is 83.4 Å². The number of carbonyl (C=O) groups is 3. The SMILES string of the molecule is CCC1CCC2C3Cc4ccc5c(c4)CC(O)C(=C4CC(c6cc(NCC(C)(O)C(O)COC)cc(C(O)CNC)c6)C#CC6CC(=O)Oc7c6cc(c(O)c7C6CCCCC6)CC(OC4=O)C1(O)C2CCC3=O)CC5. The molecular formula is C62H78N2O12. The van der Waals surface area contributed by atoms with E-state index in [-0.39, 0.29) is 92.6 Å². The Balaban J connectivity index is 1.22. The van der Waals surface area contributed by atoms with Gasteiger partial charge in [-0.2, -0.15) is 0 Å². The highest BCUT2D eigenvalue weighted by atomic mass is 16.6. The zero-order valence-corrected chi connectivity index (χ0v) is 44.7. The Morgan fingerprint density at radius 2 is 1.67 bits per heavy atom. The van der Waals surface area contributed by atoms with Crippen LogP contribution in [0.1, 0.15) is 166 Å². The molecule has 0 spiro atoms. The number of likely N-dealkylation sites (N-methyl/N-ethyl adjacent to an activating group) is 1. The third-order valence-electron chi connectivity index (χ3n) is 18.8. The van der Waals surface area contributed by atoms with Crippen LogP contribution >= 0.6 is 0 Å². The van der Waals surface area contributed by atoms with E-state index in [0.717, 1.165) is 55.2 Å². The molecule has 0 amide bonds. The number of ether oxygens (including phenoxy) is 3. The maximum Gasteiger partial charge on any atom is 0.334 e. The fourth-order valence-electron chi connectivity index (χ4n) is 14.6. The Bertz CT molecular complexity index is 2800. The lowest BCUT2D eigenvalue weighted by Crippen LogP contribution is -2.63. The molecule has 0 saturated heterocycles. The van der Waals surface area contributed by atoms with Gasteiger partial charge in [0.15, 0.2) is 0 Å². The third-order valence-corrected chi connectivity index (χ3v) is 18.8. The lowest BCUT2D eigenvalue weighted by Gasteiger charge is -2.56. The predicted octanol–water partition coefficient (Wildman–Crippen LogP) is 7.07. The number of fused-ring (bicyclic) bond motifs is 8. The molecule has 12 unspecified atom stereocenters. The first-order valence-corrected chi connectivity index (χ1v) is 28.2. The average Bonchev–Trinajstić information content (AvgIpc) is 3.59. The molecule has 408 valence electrons. The van der Waals surface area contributed by atoms with Crippen LogP contribution in [-0.4, -0.2) is 112 Å². The molecule has 3 aromatic carbocycles. The molecule has 4 aliphatic carbocycles. The molecule has 14 nitrogen and oxygen atoms in total. The van der Waals surface area contributed by atoms with Crippen molar-refractivity contribution in [2.24, 2.45) is 23.7 Å². The third kappa shape index (κ3) is 10.5. The number of phenols is 1. The topological polar surface area (TPSA) is 224 Å². The minimum atomic E-state index is -1.64. The van der Waals surface area contributed by atoms with E-state index in [4.69, 9.17) is 14.2 Å². The number of aromatic hydroxyl groups is 1. The zero-order chi connectivity index (χ0) is 53.6. The summed E-state index contributed by atoms with van der Waals surface area (Å²) < 4.78 is 18.4. The molecule has 3 aliphatic heterocycles. The van der Waals surface area contributed by atoms with Crippen molar-refractivity contribution in [3.8, 4) is 23.3 Å². The standard InChI is InChI=1S/C62H78N2O12/c1-5-43-16-18-45-48-22-34-11-12-35-15-17-46(52(66)28-39(35)21-34)49-26-37(40-23-41(53(67)31-63-3)25-44(24-40)64-33-61(2,72)54(68)32-74-4)13-14-38-30-56(69)76-59-47(38)27-42(58(70)57(59)36-9-7-6-8-10-36)29-55(75-60(49)71)62(43,73)50(45)19-20-51(48)65/h11-12,21,23-25,27,36-38,43,45,48,50,52-55,63-64,66-68,70,72-73H,5-10,15-20,22,26,28-33H2,1-4H3. The van der Waals surface area contributed by atoms with Crippen LogP contribution in [0.2, 0.25) is 0 Å². The molecule has 3 saturated carbocycles. The van der Waals surface area contributed by atoms with Crippen LogP contribution in [0, 0.1) is 35.5 Å². The van der Waals surface area contributed by atoms with Gasteiger partial charge in [0.1, 0.15) is 40.7 Å². The van der Waals surface area contributed by atoms with Gasteiger partial charge >= 0.3 is 11.9 Å². The summed E-state index contributed by atoms with van der Waals surface area (Å²) in [5, 5.41) is 79.6. The highest BCUT2D eigenvalue weighted by Gasteiger charge is 2.59. The van der Waals surface area contributed by atoms with Gasteiger partial charge in [0.2, 0.25) is 0 Å². The van der Waals surface area contributed by atoms with Crippen LogP contribution in [0.5, 0.6) is 11.5 Å². The van der Waals surface area contributed by atoms with Crippen LogP contribution in [-0.2, 0) is 49.5 Å². The Hall–Kier alpha value is -5.11. The van der Waals surface area contributed by atoms with Crippen molar-refractivity contribution in [3.63, 3.8) is 0 Å². The average molecular weight is 1040 g/mol. The van der Waals surface area contributed by atoms with Crippen molar-refractivity contribution in [2.75, 3.05) is 39.2 Å². The van der Waals surface area contributed by atoms with E-state index in [1.54, 1.807) is 13.1 Å². The molecule has 10 rings (SSSR count). The number of phenolic OH excluding ortho intramolecular Hbond substituents is 1. The highest BCUT2D eigenvalue weighted by Crippen LogP contribution is 2.56. The number of ketones is 1. The number of aryl methyl sites for hydroxylation is 1. The van der Waals surface area contributed by atoms with Crippen LogP contribution in [0.3, 0.4) is 0 Å². The first-order chi connectivity index (χ1) is 36.5. The monoisotopic (exact) mass is 1040 g/mol. The largest absolute Gasteiger partial charge is 0.507 e. The molecule has 11 bridgehead atoms. The number of hydrogen-bond donors (Lipinski definition) is 8. The van der Waals surface area contributed by atoms with Crippen LogP contribution < -0.4 is 15.4 Å². The van der Waals surface area contributed by atoms with Gasteiger partial charge in [-0.25, -0.2) is 4.79 Å². The molecule has 3 heterocycles. The number of carbonyl (C=O) groups excluding carboxylic acids is 3. The first-order valence-electron chi connectivity index (χ1n) is 28.2. The summed E-state index contributed by atoms with van der Waals surface area (Å²) in [5.74, 6) is 3.31. The number of aliphatic hydroxyl groups excluding tert-OH is 3. The summed E-state index contributed by atoms with van der Waals surface area (Å²) in [6, 6.07) is 13.6. The number of aliphatic hydroxyl groups is 5. The Kier molecular flexibility index (Phi) is 15.9. The summed E-state index contributed by atoms with van der Waals surface area (Å²) in [6.45, 7) is 3.53. The van der Waals surface area contributed by atoms with Crippen LogP contribution in [0.25, 0.3) is 0 Å². The van der Waals surface area contributed by atoms with Crippen molar-refractivity contribution < 1.29 is 59.2 Å². The van der Waals surface area contributed by atoms with Gasteiger partial charge in [-0.3, -0.25) is 9.59 Å². The van der Waals surface area contributed by atoms with Gasteiger partial charge in [0.25, 0.3) is 0 Å². The predicted molar refractivity (Wildman–Crippen MR) is 286 cm³/mol. The zero-order valence-electron chi connectivity index (χ0n) is 44.7. The van der Waals surface area contributed by atoms with Crippen molar-refractivity contribution in [1.29, 1.82) is 0 Å². The second kappa shape index (κ2) is 22.3. The molecule has 0 radical (unpaired) electrons. The van der Waals surface area contributed by atoms with Gasteiger partial charge in [-0.1, -0.05) is 68.7 Å². The molecule has 7 aliphatic rings.